The summed E-state index contributed by atoms with van der Waals surface area (Å²) in [7, 11) is 0. The first-order valence-electron chi connectivity index (χ1n) is 6.75. The van der Waals surface area contributed by atoms with Crippen LogP contribution in [0.2, 0.25) is 0 Å². The number of amides is 2. The Balaban J connectivity index is 2.54. The van der Waals surface area contributed by atoms with Crippen molar-refractivity contribution < 1.29 is 9.59 Å². The van der Waals surface area contributed by atoms with Crippen LogP contribution in [0.1, 0.15) is 44.2 Å². The molecule has 1 saturated heterocycles. The first-order valence-corrected chi connectivity index (χ1v) is 6.75. The van der Waals surface area contributed by atoms with Crippen LogP contribution in [0.15, 0.2) is 24.3 Å². The minimum atomic E-state index is -0.328. The van der Waals surface area contributed by atoms with Crippen molar-refractivity contribution in [2.45, 2.75) is 40.0 Å². The quantitative estimate of drug-likeness (QED) is 0.830. The van der Waals surface area contributed by atoms with Crippen LogP contribution in [0.3, 0.4) is 0 Å². The highest BCUT2D eigenvalue weighted by Crippen LogP contribution is 2.47. The Kier molecular flexibility index (Phi) is 3.48. The molecule has 1 N–H and O–H groups in total. The Morgan fingerprint density at radius 3 is 2.47 bits per heavy atom. The fourth-order valence-corrected chi connectivity index (χ4v) is 2.95. The number of hydrogen-bond donors (Lipinski definition) is 1. The van der Waals surface area contributed by atoms with Gasteiger partial charge >= 0.3 is 0 Å². The molecule has 0 bridgehead atoms. The van der Waals surface area contributed by atoms with Crippen LogP contribution in [0, 0.1) is 18.3 Å². The number of carbonyl (C=O) groups is 2. The molecular formula is C16H21NO2. The van der Waals surface area contributed by atoms with E-state index in [1.165, 1.54) is 0 Å². The second-order valence-electron chi connectivity index (χ2n) is 6.04. The number of nitrogens with one attached hydrogen (secondary N) is 1. The smallest absolute Gasteiger partial charge is 0.234 e. The van der Waals surface area contributed by atoms with Gasteiger partial charge in [-0.15, -0.1) is 0 Å². The molecule has 3 heteroatoms. The number of hydrogen-bond acceptors (Lipinski definition) is 2. The summed E-state index contributed by atoms with van der Waals surface area (Å²) in [6.45, 7) is 8.22. The maximum Gasteiger partial charge on any atom is 0.234 e. The van der Waals surface area contributed by atoms with Gasteiger partial charge in [-0.2, -0.15) is 0 Å². The highest BCUT2D eigenvalue weighted by atomic mass is 16.2. The third-order valence-corrected chi connectivity index (χ3v) is 4.54. The third kappa shape index (κ3) is 2.29. The molecule has 3 nitrogen and oxygen atoms in total. The maximum atomic E-state index is 12.3. The highest BCUT2D eigenvalue weighted by molar-refractivity contribution is 6.02. The monoisotopic (exact) mass is 259 g/mol. The van der Waals surface area contributed by atoms with Gasteiger partial charge in [0.05, 0.1) is 5.92 Å². The van der Waals surface area contributed by atoms with Crippen LogP contribution in [0.5, 0.6) is 0 Å². The Morgan fingerprint density at radius 1 is 1.26 bits per heavy atom. The molecule has 2 rings (SSSR count). The lowest BCUT2D eigenvalue weighted by Gasteiger charge is -2.43. The van der Waals surface area contributed by atoms with Gasteiger partial charge in [0, 0.05) is 6.42 Å². The predicted octanol–water partition coefficient (Wildman–Crippen LogP) is 2.79. The molecule has 2 atom stereocenters. The predicted molar refractivity (Wildman–Crippen MR) is 74.6 cm³/mol. The van der Waals surface area contributed by atoms with E-state index in [4.69, 9.17) is 0 Å². The van der Waals surface area contributed by atoms with Gasteiger partial charge in [0.25, 0.3) is 0 Å². The first-order chi connectivity index (χ1) is 8.86. The van der Waals surface area contributed by atoms with Crippen molar-refractivity contribution in [3.8, 4) is 0 Å². The number of carbonyl (C=O) groups excluding carboxylic acids is 2. The van der Waals surface area contributed by atoms with Crippen molar-refractivity contribution in [1.29, 1.82) is 0 Å². The second-order valence-corrected chi connectivity index (χ2v) is 6.04. The van der Waals surface area contributed by atoms with Crippen LogP contribution in [0.4, 0.5) is 0 Å². The van der Waals surface area contributed by atoms with Gasteiger partial charge in [-0.1, -0.05) is 45.0 Å². The molecule has 0 saturated carbocycles. The van der Waals surface area contributed by atoms with Crippen LogP contribution in [0.25, 0.3) is 0 Å². The molecule has 1 aromatic carbocycles. The summed E-state index contributed by atoms with van der Waals surface area (Å²) in [5, 5.41) is 2.49. The van der Waals surface area contributed by atoms with Crippen LogP contribution < -0.4 is 5.32 Å². The van der Waals surface area contributed by atoms with E-state index in [-0.39, 0.29) is 29.1 Å². The fraction of sp³-hybridized carbons (Fsp3) is 0.500. The zero-order valence-electron chi connectivity index (χ0n) is 12.0. The van der Waals surface area contributed by atoms with E-state index in [0.717, 1.165) is 11.1 Å². The lowest BCUT2D eigenvalue weighted by Crippen LogP contribution is -2.51. The van der Waals surface area contributed by atoms with Gasteiger partial charge in [0.2, 0.25) is 11.8 Å². The van der Waals surface area contributed by atoms with E-state index in [1.807, 2.05) is 38.1 Å². The summed E-state index contributed by atoms with van der Waals surface area (Å²) in [4.78, 5) is 24.1. The Labute approximate surface area is 114 Å². The summed E-state index contributed by atoms with van der Waals surface area (Å²) in [6.07, 6.45) is 0.398. The zero-order chi connectivity index (χ0) is 14.2. The standard InChI is InChI=1S/C16H21NO2/c1-10(2)16(4)9-13(18)17-15(19)14(16)12-8-6-5-7-11(12)3/h5-8,10,14H,9H2,1-4H3,(H,17,18,19). The minimum Gasteiger partial charge on any atom is -0.296 e. The summed E-state index contributed by atoms with van der Waals surface area (Å²) >= 11 is 0. The summed E-state index contributed by atoms with van der Waals surface area (Å²) < 4.78 is 0. The Hall–Kier alpha value is -1.64. The third-order valence-electron chi connectivity index (χ3n) is 4.54. The molecule has 1 aromatic rings. The number of benzene rings is 1. The molecule has 1 aliphatic rings. The van der Waals surface area contributed by atoms with Gasteiger partial charge in [-0.25, -0.2) is 0 Å². The molecule has 0 aliphatic carbocycles. The molecule has 102 valence electrons. The van der Waals surface area contributed by atoms with E-state index >= 15 is 0 Å². The highest BCUT2D eigenvalue weighted by Gasteiger charge is 2.48. The number of rotatable bonds is 2. The van der Waals surface area contributed by atoms with Crippen molar-refractivity contribution >= 4 is 11.8 Å². The first kappa shape index (κ1) is 13.8. The molecule has 0 radical (unpaired) electrons. The molecular weight excluding hydrogens is 238 g/mol. The van der Waals surface area contributed by atoms with Crippen LogP contribution in [-0.4, -0.2) is 11.8 Å². The number of imide groups is 1. The van der Waals surface area contributed by atoms with Crippen molar-refractivity contribution in [1.82, 2.24) is 5.32 Å². The summed E-state index contributed by atoms with van der Waals surface area (Å²) in [5.74, 6) is -0.328. The van der Waals surface area contributed by atoms with Gasteiger partial charge < -0.3 is 0 Å². The SMILES string of the molecule is Cc1ccccc1C1C(=O)NC(=O)CC1(C)C(C)C. The van der Waals surface area contributed by atoms with Crippen LogP contribution in [-0.2, 0) is 9.59 Å². The lowest BCUT2D eigenvalue weighted by molar-refractivity contribution is -0.141. The van der Waals surface area contributed by atoms with E-state index in [1.54, 1.807) is 0 Å². The van der Waals surface area contributed by atoms with Crippen molar-refractivity contribution in [3.63, 3.8) is 0 Å². The van der Waals surface area contributed by atoms with E-state index < -0.39 is 0 Å². The minimum absolute atomic E-state index is 0.161. The normalized spacial score (nSPS) is 27.5. The maximum absolute atomic E-state index is 12.3. The van der Waals surface area contributed by atoms with Crippen molar-refractivity contribution in [2.75, 3.05) is 0 Å². The molecule has 0 spiro atoms. The van der Waals surface area contributed by atoms with Crippen LogP contribution >= 0.6 is 0 Å². The number of piperidine rings is 1. The van der Waals surface area contributed by atoms with E-state index in [9.17, 15) is 9.59 Å². The zero-order valence-corrected chi connectivity index (χ0v) is 12.0. The average molecular weight is 259 g/mol. The molecule has 1 heterocycles. The van der Waals surface area contributed by atoms with Gasteiger partial charge in [-0.3, -0.25) is 14.9 Å². The van der Waals surface area contributed by atoms with Gasteiger partial charge in [-0.05, 0) is 29.4 Å². The van der Waals surface area contributed by atoms with Crippen molar-refractivity contribution in [2.24, 2.45) is 11.3 Å². The lowest BCUT2D eigenvalue weighted by atomic mass is 9.62. The molecule has 0 aromatic heterocycles. The Morgan fingerprint density at radius 2 is 1.89 bits per heavy atom. The fourth-order valence-electron chi connectivity index (χ4n) is 2.95. The Bertz CT molecular complexity index is 521. The van der Waals surface area contributed by atoms with Crippen molar-refractivity contribution in [3.05, 3.63) is 35.4 Å². The van der Waals surface area contributed by atoms with Gasteiger partial charge in [0.15, 0.2) is 0 Å². The average Bonchev–Trinajstić information content (AvgIpc) is 2.30. The topological polar surface area (TPSA) is 46.2 Å². The second kappa shape index (κ2) is 4.80. The molecule has 1 fully saturated rings. The van der Waals surface area contributed by atoms with Gasteiger partial charge in [0.1, 0.15) is 0 Å². The summed E-state index contributed by atoms with van der Waals surface area (Å²) in [5.41, 5.74) is 1.80. The molecule has 2 unspecified atom stereocenters. The van der Waals surface area contributed by atoms with E-state index in [0.29, 0.717) is 6.42 Å². The number of aryl methyl sites for hydroxylation is 1. The summed E-state index contributed by atoms with van der Waals surface area (Å²) in [6, 6.07) is 7.93. The molecule has 19 heavy (non-hydrogen) atoms. The molecule has 2 amide bonds. The van der Waals surface area contributed by atoms with E-state index in [2.05, 4.69) is 19.2 Å². The molecule has 1 aliphatic heterocycles. The largest absolute Gasteiger partial charge is 0.296 e.